The largest absolute Gasteiger partial charge is 0.491 e. The summed E-state index contributed by atoms with van der Waals surface area (Å²) in [5.74, 6) is 0.410. The monoisotopic (exact) mass is 511 g/mol. The molecule has 0 saturated carbocycles. The second-order valence-electron chi connectivity index (χ2n) is 8.67. The van der Waals surface area contributed by atoms with E-state index in [0.29, 0.717) is 23.8 Å². The van der Waals surface area contributed by atoms with Crippen LogP contribution in [0.1, 0.15) is 20.1 Å². The first kappa shape index (κ1) is 20.8. The maximum Gasteiger partial charge on any atom is 0.164 e. The Hall–Kier alpha value is -2.79. The van der Waals surface area contributed by atoms with Gasteiger partial charge in [0.1, 0.15) is 48.5 Å². The van der Waals surface area contributed by atoms with Crippen LogP contribution in [0.5, 0.6) is 5.75 Å². The molecule has 33 heavy (non-hydrogen) atoms. The lowest BCUT2D eigenvalue weighted by Gasteiger charge is -2.25. The van der Waals surface area contributed by atoms with Crippen molar-refractivity contribution in [2.75, 3.05) is 12.3 Å². The summed E-state index contributed by atoms with van der Waals surface area (Å²) in [4.78, 5) is 12.9. The Balaban J connectivity index is 1.27. The maximum absolute atomic E-state index is 6.40. The fraction of sp³-hybridized carbons (Fsp3) is 0.348. The lowest BCUT2D eigenvalue weighted by atomic mass is 10.1. The summed E-state index contributed by atoms with van der Waals surface area (Å²) in [5, 5.41) is 1.80. The van der Waals surface area contributed by atoms with E-state index in [1.165, 1.54) is 6.33 Å². The first-order valence-corrected chi connectivity index (χ1v) is 11.4. The number of pyridine rings is 1. The van der Waals surface area contributed by atoms with Crippen LogP contribution in [-0.2, 0) is 14.2 Å². The second-order valence-corrected chi connectivity index (χ2v) is 9.58. The molecule has 2 aliphatic heterocycles. The van der Waals surface area contributed by atoms with Gasteiger partial charge >= 0.3 is 0 Å². The average Bonchev–Trinajstić information content (AvgIpc) is 3.44. The lowest BCUT2D eigenvalue weighted by molar-refractivity contribution is -0.198. The van der Waals surface area contributed by atoms with E-state index in [2.05, 4.69) is 30.9 Å². The number of halogens is 1. The van der Waals surface area contributed by atoms with Gasteiger partial charge < -0.3 is 29.2 Å². The highest BCUT2D eigenvalue weighted by Gasteiger charge is 2.56. The van der Waals surface area contributed by atoms with Crippen LogP contribution in [0.2, 0.25) is 0 Å². The molecule has 5 heterocycles. The fourth-order valence-corrected chi connectivity index (χ4v) is 4.90. The second kappa shape index (κ2) is 7.63. The van der Waals surface area contributed by atoms with Crippen LogP contribution in [0.3, 0.4) is 0 Å². The SMILES string of the molecule is CC1(C)O[C@@H]2[C@H](O1)C(COc1ccc3cc(Br)cnc3c1)O[C@H]2n1ccc2c(N)ncnc21. The number of hydrogen-bond acceptors (Lipinski definition) is 8. The van der Waals surface area contributed by atoms with Gasteiger partial charge in [-0.25, -0.2) is 9.97 Å². The van der Waals surface area contributed by atoms with E-state index in [0.717, 1.165) is 20.8 Å². The minimum absolute atomic E-state index is 0.295. The molecule has 3 aromatic heterocycles. The molecule has 0 spiro atoms. The highest BCUT2D eigenvalue weighted by molar-refractivity contribution is 9.10. The van der Waals surface area contributed by atoms with E-state index in [-0.39, 0.29) is 18.3 Å². The standard InChI is InChI=1S/C23H22BrN5O4/c1-23(2)32-18-17(10-30-14-4-3-12-7-13(24)9-26-16(12)8-14)31-22(19(18)33-23)29-6-5-15-20(25)27-11-28-21(15)29/h3-9,11,17-19,22H,10H2,1-2H3,(H2,25,27,28)/t17?,18-,19-,22-/m1/s1. The topological polar surface area (TPSA) is 107 Å². The molecule has 0 aliphatic carbocycles. The molecule has 1 unspecified atom stereocenters. The summed E-state index contributed by atoms with van der Waals surface area (Å²) < 4.78 is 27.8. The van der Waals surface area contributed by atoms with Crippen LogP contribution < -0.4 is 10.5 Å². The molecule has 2 aliphatic rings. The summed E-state index contributed by atoms with van der Waals surface area (Å²) >= 11 is 3.45. The van der Waals surface area contributed by atoms with Crippen molar-refractivity contribution in [3.05, 3.63) is 53.5 Å². The molecule has 4 atom stereocenters. The summed E-state index contributed by atoms with van der Waals surface area (Å²) in [6, 6.07) is 9.73. The molecule has 0 radical (unpaired) electrons. The maximum atomic E-state index is 6.40. The zero-order valence-electron chi connectivity index (χ0n) is 18.0. The van der Waals surface area contributed by atoms with E-state index in [9.17, 15) is 0 Å². The molecule has 2 N–H and O–H groups in total. The highest BCUT2D eigenvalue weighted by Crippen LogP contribution is 2.44. The minimum Gasteiger partial charge on any atom is -0.491 e. The molecule has 2 saturated heterocycles. The number of anilines is 1. The van der Waals surface area contributed by atoms with Crippen LogP contribution in [0.4, 0.5) is 5.82 Å². The molecule has 9 nitrogen and oxygen atoms in total. The van der Waals surface area contributed by atoms with Gasteiger partial charge in [0.25, 0.3) is 0 Å². The van der Waals surface area contributed by atoms with E-state index in [1.54, 1.807) is 6.20 Å². The van der Waals surface area contributed by atoms with Gasteiger partial charge in [0, 0.05) is 28.3 Å². The zero-order valence-corrected chi connectivity index (χ0v) is 19.6. The van der Waals surface area contributed by atoms with Crippen LogP contribution in [0, 0.1) is 0 Å². The Morgan fingerprint density at radius 1 is 1.12 bits per heavy atom. The third kappa shape index (κ3) is 3.63. The molecular formula is C23H22BrN5O4. The quantitative estimate of drug-likeness (QED) is 0.440. The van der Waals surface area contributed by atoms with Gasteiger partial charge in [-0.1, -0.05) is 0 Å². The molecule has 0 amide bonds. The Bertz CT molecular complexity index is 1360. The molecule has 0 bridgehead atoms. The molecule has 6 rings (SSSR count). The van der Waals surface area contributed by atoms with Gasteiger partial charge in [-0.15, -0.1) is 0 Å². The van der Waals surface area contributed by atoms with Crippen molar-refractivity contribution < 1.29 is 18.9 Å². The number of rotatable bonds is 4. The normalized spacial score (nSPS) is 26.2. The summed E-state index contributed by atoms with van der Waals surface area (Å²) in [6.07, 6.45) is 3.71. The van der Waals surface area contributed by atoms with Crippen molar-refractivity contribution in [3.8, 4) is 5.75 Å². The third-order valence-corrected chi connectivity index (χ3v) is 6.41. The van der Waals surface area contributed by atoms with E-state index in [1.807, 2.05) is 54.9 Å². The minimum atomic E-state index is -0.729. The van der Waals surface area contributed by atoms with Crippen molar-refractivity contribution >= 4 is 43.7 Å². The number of benzene rings is 1. The van der Waals surface area contributed by atoms with Gasteiger partial charge in [-0.3, -0.25) is 4.98 Å². The molecule has 2 fully saturated rings. The van der Waals surface area contributed by atoms with Crippen molar-refractivity contribution in [2.24, 2.45) is 0 Å². The van der Waals surface area contributed by atoms with E-state index in [4.69, 9.17) is 24.7 Å². The van der Waals surface area contributed by atoms with Crippen molar-refractivity contribution in [3.63, 3.8) is 0 Å². The zero-order chi connectivity index (χ0) is 22.7. The fourth-order valence-electron chi connectivity index (χ4n) is 4.56. The van der Waals surface area contributed by atoms with Gasteiger partial charge in [0.2, 0.25) is 0 Å². The predicted molar refractivity (Wildman–Crippen MR) is 125 cm³/mol. The molecule has 1 aromatic carbocycles. The number of nitrogen functional groups attached to an aromatic ring is 1. The number of hydrogen-bond donors (Lipinski definition) is 1. The van der Waals surface area contributed by atoms with Gasteiger partial charge in [-0.2, -0.15) is 0 Å². The first-order chi connectivity index (χ1) is 15.9. The number of nitrogens with zero attached hydrogens (tertiary/aromatic N) is 4. The van der Waals surface area contributed by atoms with Crippen LogP contribution in [-0.4, -0.2) is 50.2 Å². The Morgan fingerprint density at radius 3 is 2.85 bits per heavy atom. The number of aromatic nitrogens is 4. The van der Waals surface area contributed by atoms with Crippen molar-refractivity contribution in [2.45, 2.75) is 44.2 Å². The van der Waals surface area contributed by atoms with Crippen LogP contribution >= 0.6 is 15.9 Å². The van der Waals surface area contributed by atoms with E-state index < -0.39 is 12.0 Å². The van der Waals surface area contributed by atoms with E-state index >= 15 is 0 Å². The summed E-state index contributed by atoms with van der Waals surface area (Å²) in [7, 11) is 0. The molecular weight excluding hydrogens is 490 g/mol. The molecule has 170 valence electrons. The molecule has 4 aromatic rings. The van der Waals surface area contributed by atoms with Crippen LogP contribution in [0.15, 0.2) is 53.5 Å². The number of ether oxygens (including phenoxy) is 4. The predicted octanol–water partition coefficient (Wildman–Crippen LogP) is 3.82. The van der Waals surface area contributed by atoms with Gasteiger partial charge in [0.05, 0.1) is 10.9 Å². The Kier molecular flexibility index (Phi) is 4.80. The number of fused-ring (bicyclic) bond motifs is 3. The lowest BCUT2D eigenvalue weighted by Crippen LogP contribution is -2.33. The van der Waals surface area contributed by atoms with Crippen molar-refractivity contribution in [1.29, 1.82) is 0 Å². The van der Waals surface area contributed by atoms with Crippen LogP contribution in [0.25, 0.3) is 21.9 Å². The highest BCUT2D eigenvalue weighted by atomic mass is 79.9. The Morgan fingerprint density at radius 2 is 1.97 bits per heavy atom. The number of nitrogens with two attached hydrogens (primary N) is 1. The first-order valence-electron chi connectivity index (χ1n) is 10.6. The summed E-state index contributed by atoms with van der Waals surface area (Å²) in [6.45, 7) is 4.11. The Labute approximate surface area is 197 Å². The average molecular weight is 512 g/mol. The molecule has 10 heteroatoms. The summed E-state index contributed by atoms with van der Waals surface area (Å²) in [5.41, 5.74) is 7.56. The smallest absolute Gasteiger partial charge is 0.164 e. The van der Waals surface area contributed by atoms with Gasteiger partial charge in [-0.05, 0) is 54.0 Å². The third-order valence-electron chi connectivity index (χ3n) is 5.98. The van der Waals surface area contributed by atoms with Crippen molar-refractivity contribution in [1.82, 2.24) is 19.5 Å². The van der Waals surface area contributed by atoms with Gasteiger partial charge in [0.15, 0.2) is 12.0 Å².